The average molecular weight is 152 g/mol. The topological polar surface area (TPSA) is 28.7 Å². The third-order valence-electron chi connectivity index (χ3n) is 2.17. The summed E-state index contributed by atoms with van der Waals surface area (Å²) in [6, 6.07) is 2.06. The van der Waals surface area contributed by atoms with E-state index in [4.69, 9.17) is 0 Å². The Labute approximate surface area is 68.0 Å². The third-order valence-corrected chi connectivity index (χ3v) is 2.17. The van der Waals surface area contributed by atoms with Gasteiger partial charge in [0.2, 0.25) is 0 Å². The Morgan fingerprint density at radius 2 is 2.27 bits per heavy atom. The Bertz CT molecular complexity index is 189. The number of aromatic nitrogens is 2. The molecule has 1 aromatic rings. The summed E-state index contributed by atoms with van der Waals surface area (Å²) in [5.74, 6) is 1.33. The number of hydrogen-bond donors (Lipinski definition) is 1. The Morgan fingerprint density at radius 1 is 1.55 bits per heavy atom. The van der Waals surface area contributed by atoms with Gasteiger partial charge in [0, 0.05) is 17.8 Å². The molecule has 0 amide bonds. The zero-order valence-corrected chi connectivity index (χ0v) is 7.46. The zero-order valence-electron chi connectivity index (χ0n) is 7.46. The summed E-state index contributed by atoms with van der Waals surface area (Å²) in [6.45, 7) is 6.70. The first-order valence-corrected chi connectivity index (χ1v) is 4.25. The number of H-pyrrole nitrogens is 1. The van der Waals surface area contributed by atoms with Gasteiger partial charge in [-0.2, -0.15) is 5.10 Å². The lowest BCUT2D eigenvalue weighted by Crippen LogP contribution is -2.05. The Kier molecular flexibility index (Phi) is 2.69. The van der Waals surface area contributed by atoms with E-state index >= 15 is 0 Å². The average Bonchev–Trinajstić information content (AvgIpc) is 2.40. The molecule has 0 bridgehead atoms. The lowest BCUT2D eigenvalue weighted by molar-refractivity contribution is 0.474. The number of aromatic amines is 1. The summed E-state index contributed by atoms with van der Waals surface area (Å²) >= 11 is 0. The molecule has 0 saturated heterocycles. The lowest BCUT2D eigenvalue weighted by Gasteiger charge is -2.16. The van der Waals surface area contributed by atoms with Gasteiger partial charge >= 0.3 is 0 Å². The second kappa shape index (κ2) is 3.56. The molecule has 1 unspecified atom stereocenters. The van der Waals surface area contributed by atoms with Crippen molar-refractivity contribution in [2.24, 2.45) is 5.92 Å². The van der Waals surface area contributed by atoms with E-state index in [0.29, 0.717) is 11.8 Å². The van der Waals surface area contributed by atoms with Gasteiger partial charge in [0.05, 0.1) is 0 Å². The Hall–Kier alpha value is -0.790. The molecule has 0 aliphatic carbocycles. The highest BCUT2D eigenvalue weighted by atomic mass is 15.1. The van der Waals surface area contributed by atoms with Crippen LogP contribution in [0, 0.1) is 5.92 Å². The van der Waals surface area contributed by atoms with Gasteiger partial charge < -0.3 is 0 Å². The van der Waals surface area contributed by atoms with E-state index < -0.39 is 0 Å². The van der Waals surface area contributed by atoms with Crippen LogP contribution in [0.3, 0.4) is 0 Å². The van der Waals surface area contributed by atoms with Gasteiger partial charge in [0.15, 0.2) is 0 Å². The van der Waals surface area contributed by atoms with Crippen molar-refractivity contribution in [2.75, 3.05) is 0 Å². The highest BCUT2D eigenvalue weighted by molar-refractivity contribution is 5.05. The Balaban J connectivity index is 2.71. The highest BCUT2D eigenvalue weighted by Gasteiger charge is 2.13. The van der Waals surface area contributed by atoms with Crippen LogP contribution in [0.1, 0.15) is 38.8 Å². The second-order valence-electron chi connectivity index (χ2n) is 3.27. The number of nitrogens with one attached hydrogen (secondary N) is 1. The minimum Gasteiger partial charge on any atom is -0.282 e. The third kappa shape index (κ3) is 1.82. The standard InChI is InChI=1S/C9H16N2/c1-4-8(7(2)3)9-5-6-10-11-9/h5-8H,4H2,1-3H3,(H,10,11). The molecular formula is C9H16N2. The predicted octanol–water partition coefficient (Wildman–Crippen LogP) is 2.56. The smallest absolute Gasteiger partial charge is 0.0490 e. The van der Waals surface area contributed by atoms with Gasteiger partial charge in [0.1, 0.15) is 0 Å². The molecule has 0 saturated carbocycles. The van der Waals surface area contributed by atoms with Crippen LogP contribution in [-0.2, 0) is 0 Å². The Morgan fingerprint density at radius 3 is 2.64 bits per heavy atom. The van der Waals surface area contributed by atoms with E-state index in [2.05, 4.69) is 37.0 Å². The van der Waals surface area contributed by atoms with Crippen LogP contribution in [0.2, 0.25) is 0 Å². The van der Waals surface area contributed by atoms with E-state index in [1.54, 1.807) is 0 Å². The van der Waals surface area contributed by atoms with Crippen molar-refractivity contribution in [1.29, 1.82) is 0 Å². The molecule has 0 radical (unpaired) electrons. The van der Waals surface area contributed by atoms with E-state index in [1.165, 1.54) is 12.1 Å². The normalized spacial score (nSPS) is 13.8. The molecule has 2 nitrogen and oxygen atoms in total. The van der Waals surface area contributed by atoms with Crippen LogP contribution in [0.5, 0.6) is 0 Å². The molecule has 0 fully saturated rings. The largest absolute Gasteiger partial charge is 0.282 e. The van der Waals surface area contributed by atoms with Crippen LogP contribution in [0.4, 0.5) is 0 Å². The number of rotatable bonds is 3. The van der Waals surface area contributed by atoms with Crippen molar-refractivity contribution in [3.63, 3.8) is 0 Å². The first-order chi connectivity index (χ1) is 5.25. The van der Waals surface area contributed by atoms with Crippen molar-refractivity contribution in [3.8, 4) is 0 Å². The molecule has 2 heteroatoms. The molecule has 1 aromatic heterocycles. The molecule has 0 aromatic carbocycles. The fraction of sp³-hybridized carbons (Fsp3) is 0.667. The maximum atomic E-state index is 3.95. The van der Waals surface area contributed by atoms with Crippen molar-refractivity contribution >= 4 is 0 Å². The maximum Gasteiger partial charge on any atom is 0.0490 e. The molecule has 1 rings (SSSR count). The van der Waals surface area contributed by atoms with Crippen LogP contribution in [0.15, 0.2) is 12.3 Å². The van der Waals surface area contributed by atoms with Crippen molar-refractivity contribution < 1.29 is 0 Å². The summed E-state index contributed by atoms with van der Waals surface area (Å²) in [5, 5.41) is 6.97. The fourth-order valence-electron chi connectivity index (χ4n) is 1.52. The lowest BCUT2D eigenvalue weighted by atomic mass is 9.90. The minimum atomic E-state index is 0.637. The predicted molar refractivity (Wildman–Crippen MR) is 46.5 cm³/mol. The quantitative estimate of drug-likeness (QED) is 0.708. The van der Waals surface area contributed by atoms with Gasteiger partial charge in [-0.25, -0.2) is 0 Å². The van der Waals surface area contributed by atoms with Gasteiger partial charge in [0.25, 0.3) is 0 Å². The maximum absolute atomic E-state index is 3.95. The van der Waals surface area contributed by atoms with E-state index in [-0.39, 0.29) is 0 Å². The molecular weight excluding hydrogens is 136 g/mol. The summed E-state index contributed by atoms with van der Waals surface area (Å²) in [4.78, 5) is 0. The minimum absolute atomic E-state index is 0.637. The van der Waals surface area contributed by atoms with Crippen molar-refractivity contribution in [3.05, 3.63) is 18.0 Å². The first-order valence-electron chi connectivity index (χ1n) is 4.25. The van der Waals surface area contributed by atoms with Gasteiger partial charge in [-0.1, -0.05) is 20.8 Å². The fourth-order valence-corrected chi connectivity index (χ4v) is 1.52. The molecule has 0 aliphatic rings. The second-order valence-corrected chi connectivity index (χ2v) is 3.27. The summed E-state index contributed by atoms with van der Waals surface area (Å²) in [5.41, 5.74) is 1.27. The van der Waals surface area contributed by atoms with Crippen molar-refractivity contribution in [1.82, 2.24) is 10.2 Å². The SMILES string of the molecule is CCC(c1ccn[nH]1)C(C)C. The molecule has 1 atom stereocenters. The molecule has 11 heavy (non-hydrogen) atoms. The van der Waals surface area contributed by atoms with Crippen LogP contribution in [0.25, 0.3) is 0 Å². The number of hydrogen-bond acceptors (Lipinski definition) is 1. The molecule has 0 spiro atoms. The van der Waals surface area contributed by atoms with Gasteiger partial charge in [-0.05, 0) is 18.4 Å². The highest BCUT2D eigenvalue weighted by Crippen LogP contribution is 2.25. The van der Waals surface area contributed by atoms with Crippen LogP contribution >= 0.6 is 0 Å². The number of nitrogens with zero attached hydrogens (tertiary/aromatic N) is 1. The van der Waals surface area contributed by atoms with Crippen LogP contribution < -0.4 is 0 Å². The van der Waals surface area contributed by atoms with Crippen molar-refractivity contribution in [2.45, 2.75) is 33.1 Å². The summed E-state index contributed by atoms with van der Waals surface area (Å²) in [6.07, 6.45) is 3.00. The summed E-state index contributed by atoms with van der Waals surface area (Å²) in [7, 11) is 0. The molecule has 1 N–H and O–H groups in total. The molecule has 62 valence electrons. The molecule has 0 aliphatic heterocycles. The summed E-state index contributed by atoms with van der Waals surface area (Å²) < 4.78 is 0. The molecule has 1 heterocycles. The van der Waals surface area contributed by atoms with Gasteiger partial charge in [-0.3, -0.25) is 5.10 Å². The van der Waals surface area contributed by atoms with Gasteiger partial charge in [-0.15, -0.1) is 0 Å². The van der Waals surface area contributed by atoms with E-state index in [9.17, 15) is 0 Å². The van der Waals surface area contributed by atoms with E-state index in [1.807, 2.05) is 6.20 Å². The van der Waals surface area contributed by atoms with E-state index in [0.717, 1.165) is 0 Å². The monoisotopic (exact) mass is 152 g/mol. The zero-order chi connectivity index (χ0) is 8.27. The first kappa shape index (κ1) is 8.31. The van der Waals surface area contributed by atoms with Crippen LogP contribution in [-0.4, -0.2) is 10.2 Å².